The molecule has 0 amide bonds. The predicted octanol–water partition coefficient (Wildman–Crippen LogP) is 1.46. The molecule has 0 saturated heterocycles. The van der Waals surface area contributed by atoms with Gasteiger partial charge in [0.1, 0.15) is 5.69 Å². The smallest absolute Gasteiger partial charge is 0.307 e. The van der Waals surface area contributed by atoms with Crippen LogP contribution in [0.4, 0.5) is 5.69 Å². The summed E-state index contributed by atoms with van der Waals surface area (Å²) in [7, 11) is 0. The van der Waals surface area contributed by atoms with E-state index in [9.17, 15) is 4.79 Å². The van der Waals surface area contributed by atoms with Gasteiger partial charge in [0, 0.05) is 0 Å². The highest BCUT2D eigenvalue weighted by molar-refractivity contribution is 5.70. The van der Waals surface area contributed by atoms with Crippen LogP contribution in [0.15, 0.2) is 24.3 Å². The zero-order valence-corrected chi connectivity index (χ0v) is 9.23. The molecular formula is C12H18NO2+. The van der Waals surface area contributed by atoms with Gasteiger partial charge in [-0.05, 0) is 30.0 Å². The standard InChI is InChI=1S/C12H17NO2/c1-8(2)11(12(14)15)7-9-3-5-10(13)6-4-9/h3-6,8,11H,7,13H2,1-2H3,(H,14,15)/p+1. The highest BCUT2D eigenvalue weighted by atomic mass is 16.4. The fourth-order valence-electron chi connectivity index (χ4n) is 1.54. The van der Waals surface area contributed by atoms with Crippen LogP contribution < -0.4 is 5.73 Å². The molecule has 0 fully saturated rings. The van der Waals surface area contributed by atoms with Crippen LogP contribution in [-0.4, -0.2) is 11.1 Å². The minimum atomic E-state index is -0.719. The van der Waals surface area contributed by atoms with Crippen molar-refractivity contribution in [3.63, 3.8) is 0 Å². The number of rotatable bonds is 4. The van der Waals surface area contributed by atoms with Crippen molar-refractivity contribution in [2.24, 2.45) is 11.8 Å². The van der Waals surface area contributed by atoms with Gasteiger partial charge in [-0.25, -0.2) is 0 Å². The summed E-state index contributed by atoms with van der Waals surface area (Å²) in [5.41, 5.74) is 5.81. The number of aliphatic carboxylic acids is 1. The number of carboxylic acid groups (broad SMARTS) is 1. The molecule has 0 saturated carbocycles. The second-order valence-electron chi connectivity index (χ2n) is 4.21. The lowest BCUT2D eigenvalue weighted by atomic mass is 9.89. The lowest BCUT2D eigenvalue weighted by molar-refractivity contribution is -0.254. The Morgan fingerprint density at radius 3 is 2.27 bits per heavy atom. The summed E-state index contributed by atoms with van der Waals surface area (Å²) >= 11 is 0. The number of benzene rings is 1. The van der Waals surface area contributed by atoms with Crippen LogP contribution in [0.2, 0.25) is 0 Å². The molecule has 0 bridgehead atoms. The molecule has 1 aromatic carbocycles. The molecule has 82 valence electrons. The van der Waals surface area contributed by atoms with Crippen LogP contribution in [0.5, 0.6) is 0 Å². The lowest BCUT2D eigenvalue weighted by Gasteiger charge is -2.15. The predicted molar refractivity (Wildman–Crippen MR) is 58.7 cm³/mol. The van der Waals surface area contributed by atoms with Gasteiger partial charge in [0.05, 0.1) is 5.92 Å². The molecule has 3 heteroatoms. The number of hydrogen-bond donors (Lipinski definition) is 2. The third-order valence-corrected chi connectivity index (χ3v) is 2.60. The van der Waals surface area contributed by atoms with Crippen LogP contribution in [0.1, 0.15) is 19.4 Å². The molecule has 0 aliphatic rings. The summed E-state index contributed by atoms with van der Waals surface area (Å²) in [5.74, 6) is -0.869. The number of carbonyl (C=O) groups is 1. The molecular weight excluding hydrogens is 190 g/mol. The van der Waals surface area contributed by atoms with Crippen molar-refractivity contribution in [3.8, 4) is 0 Å². The molecule has 0 aromatic heterocycles. The molecule has 0 aliphatic heterocycles. The molecule has 0 spiro atoms. The molecule has 0 aliphatic carbocycles. The Hall–Kier alpha value is -1.35. The molecule has 1 rings (SSSR count). The summed E-state index contributed by atoms with van der Waals surface area (Å²) in [6, 6.07) is 7.71. The Labute approximate surface area is 89.9 Å². The van der Waals surface area contributed by atoms with Crippen LogP contribution in [0.25, 0.3) is 0 Å². The van der Waals surface area contributed by atoms with E-state index in [2.05, 4.69) is 5.73 Å². The highest BCUT2D eigenvalue weighted by Gasteiger charge is 2.21. The van der Waals surface area contributed by atoms with Crippen molar-refractivity contribution in [1.82, 2.24) is 0 Å². The second-order valence-corrected chi connectivity index (χ2v) is 4.21. The zero-order valence-electron chi connectivity index (χ0n) is 9.23. The third-order valence-electron chi connectivity index (χ3n) is 2.60. The maximum Gasteiger partial charge on any atom is 0.307 e. The van der Waals surface area contributed by atoms with E-state index in [1.54, 1.807) is 0 Å². The minimum absolute atomic E-state index is 0.155. The van der Waals surface area contributed by atoms with Gasteiger partial charge in [0.25, 0.3) is 0 Å². The minimum Gasteiger partial charge on any atom is -0.481 e. The third kappa shape index (κ3) is 3.36. The normalized spacial score (nSPS) is 12.8. The van der Waals surface area contributed by atoms with E-state index in [1.165, 1.54) is 0 Å². The Morgan fingerprint density at radius 1 is 1.33 bits per heavy atom. The number of quaternary nitrogens is 1. The molecule has 3 nitrogen and oxygen atoms in total. The van der Waals surface area contributed by atoms with E-state index in [0.717, 1.165) is 11.3 Å². The van der Waals surface area contributed by atoms with Crippen LogP contribution >= 0.6 is 0 Å². The lowest BCUT2D eigenvalue weighted by Crippen LogP contribution is -2.39. The summed E-state index contributed by atoms with van der Waals surface area (Å²) in [4.78, 5) is 11.0. The molecule has 4 N–H and O–H groups in total. The Bertz CT molecular complexity index is 330. The molecule has 1 aromatic rings. The van der Waals surface area contributed by atoms with Gasteiger partial charge in [0.15, 0.2) is 0 Å². The molecule has 15 heavy (non-hydrogen) atoms. The molecule has 0 radical (unpaired) electrons. The van der Waals surface area contributed by atoms with Gasteiger partial charge < -0.3 is 10.8 Å². The summed E-state index contributed by atoms with van der Waals surface area (Å²) < 4.78 is 0. The van der Waals surface area contributed by atoms with E-state index in [0.29, 0.717) is 6.42 Å². The van der Waals surface area contributed by atoms with Gasteiger partial charge >= 0.3 is 5.97 Å². The summed E-state index contributed by atoms with van der Waals surface area (Å²) in [6.45, 7) is 3.88. The van der Waals surface area contributed by atoms with Crippen molar-refractivity contribution >= 4 is 11.7 Å². The zero-order chi connectivity index (χ0) is 11.4. The van der Waals surface area contributed by atoms with Crippen molar-refractivity contribution in [2.45, 2.75) is 20.3 Å². The van der Waals surface area contributed by atoms with Gasteiger partial charge in [-0.2, -0.15) is 0 Å². The number of hydrogen-bond acceptors (Lipinski definition) is 1. The Balaban J connectivity index is 2.74. The van der Waals surface area contributed by atoms with Crippen molar-refractivity contribution in [2.75, 3.05) is 0 Å². The Kier molecular flexibility index (Phi) is 3.86. The van der Waals surface area contributed by atoms with E-state index >= 15 is 0 Å². The van der Waals surface area contributed by atoms with Crippen LogP contribution in [-0.2, 0) is 11.2 Å². The maximum absolute atomic E-state index is 11.0. The topological polar surface area (TPSA) is 64.9 Å². The second kappa shape index (κ2) is 4.94. The van der Waals surface area contributed by atoms with Crippen LogP contribution in [0, 0.1) is 11.8 Å². The maximum atomic E-state index is 11.0. The summed E-state index contributed by atoms with van der Waals surface area (Å²) in [5, 5.41) is 9.05. The SMILES string of the molecule is CC(C)C(Cc1ccc([NH3+])cc1)C(=O)O. The number of carboxylic acids is 1. The average Bonchev–Trinajstić information content (AvgIpc) is 2.15. The Morgan fingerprint density at radius 2 is 1.87 bits per heavy atom. The van der Waals surface area contributed by atoms with E-state index in [4.69, 9.17) is 5.11 Å². The fraction of sp³-hybridized carbons (Fsp3) is 0.417. The van der Waals surface area contributed by atoms with E-state index < -0.39 is 5.97 Å². The monoisotopic (exact) mass is 208 g/mol. The fourth-order valence-corrected chi connectivity index (χ4v) is 1.54. The van der Waals surface area contributed by atoms with Gasteiger partial charge in [-0.3, -0.25) is 4.79 Å². The first-order chi connectivity index (χ1) is 7.00. The van der Waals surface area contributed by atoms with Gasteiger partial charge in [-0.1, -0.05) is 26.0 Å². The van der Waals surface area contributed by atoms with Crippen molar-refractivity contribution < 1.29 is 15.6 Å². The van der Waals surface area contributed by atoms with Gasteiger partial charge in [0.2, 0.25) is 0 Å². The van der Waals surface area contributed by atoms with Gasteiger partial charge in [-0.15, -0.1) is 0 Å². The molecule has 0 heterocycles. The van der Waals surface area contributed by atoms with E-state index in [-0.39, 0.29) is 11.8 Å². The summed E-state index contributed by atoms with van der Waals surface area (Å²) in [6.07, 6.45) is 0.591. The average molecular weight is 208 g/mol. The first-order valence-electron chi connectivity index (χ1n) is 5.14. The first kappa shape index (κ1) is 11.7. The van der Waals surface area contributed by atoms with Crippen molar-refractivity contribution in [1.29, 1.82) is 0 Å². The molecule has 1 unspecified atom stereocenters. The van der Waals surface area contributed by atoms with E-state index in [1.807, 2.05) is 38.1 Å². The highest BCUT2D eigenvalue weighted by Crippen LogP contribution is 2.18. The van der Waals surface area contributed by atoms with Crippen molar-refractivity contribution in [3.05, 3.63) is 29.8 Å². The largest absolute Gasteiger partial charge is 0.481 e. The van der Waals surface area contributed by atoms with Crippen LogP contribution in [0.3, 0.4) is 0 Å². The quantitative estimate of drug-likeness (QED) is 0.786. The first-order valence-corrected chi connectivity index (χ1v) is 5.14. The molecule has 1 atom stereocenters.